The Morgan fingerprint density at radius 1 is 1.50 bits per heavy atom. The number of imidazole rings is 1. The SMILES string of the molecule is CC.Cc1cnc2c(NCC(O)C3COC(C)(C)O3)cc(Cl)nn12. The number of rotatable bonds is 4. The molecule has 0 radical (unpaired) electrons. The Morgan fingerprint density at radius 2 is 2.21 bits per heavy atom. The normalized spacial score (nSPS) is 20.5. The summed E-state index contributed by atoms with van der Waals surface area (Å²) >= 11 is 6.03. The van der Waals surface area contributed by atoms with Gasteiger partial charge in [0.1, 0.15) is 6.10 Å². The molecule has 7 nitrogen and oxygen atoms in total. The van der Waals surface area contributed by atoms with Crippen molar-refractivity contribution in [1.29, 1.82) is 0 Å². The van der Waals surface area contributed by atoms with E-state index in [9.17, 15) is 5.11 Å². The average Bonchev–Trinajstić information content (AvgIpc) is 3.10. The Bertz CT molecular complexity index is 689. The molecule has 3 rings (SSSR count). The zero-order chi connectivity index (χ0) is 17.9. The van der Waals surface area contributed by atoms with Crippen molar-refractivity contribution in [1.82, 2.24) is 14.6 Å². The number of hydrogen-bond acceptors (Lipinski definition) is 6. The van der Waals surface area contributed by atoms with Crippen LogP contribution in [0, 0.1) is 6.92 Å². The summed E-state index contributed by atoms with van der Waals surface area (Å²) in [4.78, 5) is 4.30. The van der Waals surface area contributed by atoms with Gasteiger partial charge in [-0.15, -0.1) is 0 Å². The van der Waals surface area contributed by atoms with Crippen molar-refractivity contribution in [2.45, 2.75) is 52.6 Å². The van der Waals surface area contributed by atoms with E-state index in [1.54, 1.807) is 16.8 Å². The van der Waals surface area contributed by atoms with Gasteiger partial charge in [0.05, 0.1) is 30.3 Å². The number of aromatic nitrogens is 3. The Labute approximate surface area is 146 Å². The third-order valence-corrected chi connectivity index (χ3v) is 3.75. The zero-order valence-electron chi connectivity index (χ0n) is 14.7. The summed E-state index contributed by atoms with van der Waals surface area (Å²) in [6.07, 6.45) is 0.651. The minimum atomic E-state index is -0.704. The molecule has 0 spiro atoms. The lowest BCUT2D eigenvalue weighted by atomic mass is 10.2. The number of nitrogens with one attached hydrogen (secondary N) is 1. The van der Waals surface area contributed by atoms with Crippen LogP contribution in [-0.2, 0) is 9.47 Å². The van der Waals surface area contributed by atoms with Crippen molar-refractivity contribution < 1.29 is 14.6 Å². The van der Waals surface area contributed by atoms with Gasteiger partial charge in [-0.3, -0.25) is 0 Å². The van der Waals surface area contributed by atoms with Crippen molar-refractivity contribution in [3.05, 3.63) is 23.1 Å². The number of anilines is 1. The van der Waals surface area contributed by atoms with Crippen molar-refractivity contribution in [3.8, 4) is 0 Å². The highest BCUT2D eigenvalue weighted by molar-refractivity contribution is 6.29. The Hall–Kier alpha value is -1.41. The lowest BCUT2D eigenvalue weighted by Gasteiger charge is -2.21. The topological polar surface area (TPSA) is 80.9 Å². The molecule has 24 heavy (non-hydrogen) atoms. The van der Waals surface area contributed by atoms with Crippen LogP contribution in [0.1, 0.15) is 33.4 Å². The van der Waals surface area contributed by atoms with E-state index in [-0.39, 0.29) is 6.10 Å². The van der Waals surface area contributed by atoms with Crippen LogP contribution in [-0.4, -0.2) is 50.9 Å². The van der Waals surface area contributed by atoms with Crippen LogP contribution in [0.15, 0.2) is 12.3 Å². The van der Waals surface area contributed by atoms with Crippen LogP contribution in [0.25, 0.3) is 5.65 Å². The largest absolute Gasteiger partial charge is 0.388 e. The first-order valence-corrected chi connectivity index (χ1v) is 8.48. The second-order valence-electron chi connectivity index (χ2n) is 5.83. The van der Waals surface area contributed by atoms with Crippen molar-refractivity contribution >= 4 is 22.9 Å². The maximum Gasteiger partial charge on any atom is 0.177 e. The monoisotopic (exact) mass is 356 g/mol. The molecule has 2 N–H and O–H groups in total. The first-order chi connectivity index (χ1) is 11.4. The molecule has 0 bridgehead atoms. The second-order valence-corrected chi connectivity index (χ2v) is 6.22. The number of aliphatic hydroxyl groups excluding tert-OH is 1. The van der Waals surface area contributed by atoms with E-state index in [1.165, 1.54) is 0 Å². The van der Waals surface area contributed by atoms with E-state index in [0.717, 1.165) is 5.69 Å². The summed E-state index contributed by atoms with van der Waals surface area (Å²) in [7, 11) is 0. The van der Waals surface area contributed by atoms with Crippen molar-refractivity contribution in [2.24, 2.45) is 0 Å². The van der Waals surface area contributed by atoms with E-state index in [2.05, 4.69) is 15.4 Å². The minimum Gasteiger partial charge on any atom is -0.388 e. The first-order valence-electron chi connectivity index (χ1n) is 8.10. The predicted molar refractivity (Wildman–Crippen MR) is 93.5 cm³/mol. The summed E-state index contributed by atoms with van der Waals surface area (Å²) in [6, 6.07) is 1.69. The number of hydrogen-bond donors (Lipinski definition) is 2. The Kier molecular flexibility index (Phi) is 6.03. The quantitative estimate of drug-likeness (QED) is 0.876. The molecule has 8 heteroatoms. The van der Waals surface area contributed by atoms with Crippen LogP contribution in [0.2, 0.25) is 5.15 Å². The molecule has 1 saturated heterocycles. The fraction of sp³-hybridized carbons (Fsp3) is 0.625. The van der Waals surface area contributed by atoms with Crippen molar-refractivity contribution in [2.75, 3.05) is 18.5 Å². The summed E-state index contributed by atoms with van der Waals surface area (Å²) < 4.78 is 12.8. The summed E-state index contributed by atoms with van der Waals surface area (Å²) in [6.45, 7) is 10.2. The fourth-order valence-corrected chi connectivity index (χ4v) is 2.61. The molecule has 2 aromatic heterocycles. The second kappa shape index (κ2) is 7.65. The molecular weight excluding hydrogens is 332 g/mol. The van der Waals surface area contributed by atoms with Gasteiger partial charge in [0.25, 0.3) is 0 Å². The van der Waals surface area contributed by atoms with E-state index in [4.69, 9.17) is 21.1 Å². The number of aliphatic hydroxyl groups is 1. The first kappa shape index (κ1) is 18.9. The highest BCUT2D eigenvalue weighted by Gasteiger charge is 2.36. The van der Waals surface area contributed by atoms with Gasteiger partial charge in [0.2, 0.25) is 0 Å². The molecule has 0 amide bonds. The minimum absolute atomic E-state index is 0.298. The number of nitrogens with zero attached hydrogens (tertiary/aromatic N) is 3. The summed E-state index contributed by atoms with van der Waals surface area (Å²) in [5.74, 6) is -0.654. The summed E-state index contributed by atoms with van der Waals surface area (Å²) in [5, 5.41) is 17.9. The lowest BCUT2D eigenvalue weighted by molar-refractivity contribution is -0.149. The van der Waals surface area contributed by atoms with Crippen molar-refractivity contribution in [3.63, 3.8) is 0 Å². The number of halogens is 1. The molecule has 1 aliphatic rings. The highest BCUT2D eigenvalue weighted by Crippen LogP contribution is 2.25. The van der Waals surface area contributed by atoms with Gasteiger partial charge in [0, 0.05) is 12.6 Å². The van der Waals surface area contributed by atoms with Gasteiger partial charge in [-0.1, -0.05) is 25.4 Å². The maximum absolute atomic E-state index is 10.2. The van der Waals surface area contributed by atoms with Gasteiger partial charge >= 0.3 is 0 Å². The Morgan fingerprint density at radius 3 is 2.83 bits per heavy atom. The van der Waals surface area contributed by atoms with Crippen LogP contribution in [0.3, 0.4) is 0 Å². The number of fused-ring (bicyclic) bond motifs is 1. The molecule has 1 aliphatic heterocycles. The molecule has 0 aliphatic carbocycles. The van der Waals surface area contributed by atoms with Crippen LogP contribution in [0.5, 0.6) is 0 Å². The van der Waals surface area contributed by atoms with Crippen LogP contribution >= 0.6 is 11.6 Å². The highest BCUT2D eigenvalue weighted by atomic mass is 35.5. The van der Waals surface area contributed by atoms with Gasteiger partial charge in [-0.25, -0.2) is 9.50 Å². The molecular formula is C16H25ClN4O3. The van der Waals surface area contributed by atoms with Gasteiger partial charge < -0.3 is 19.9 Å². The summed E-state index contributed by atoms with van der Waals surface area (Å²) in [5.41, 5.74) is 2.26. The van der Waals surface area contributed by atoms with Crippen LogP contribution < -0.4 is 5.32 Å². The zero-order valence-corrected chi connectivity index (χ0v) is 15.5. The predicted octanol–water partition coefficient (Wildman–Crippen LogP) is 2.64. The molecule has 2 aromatic rings. The molecule has 0 aromatic carbocycles. The van der Waals surface area contributed by atoms with E-state index < -0.39 is 11.9 Å². The molecule has 2 atom stereocenters. The molecule has 3 heterocycles. The Balaban J connectivity index is 0.00000100. The molecule has 134 valence electrons. The standard InChI is InChI=1S/C14H19ClN4O3.C2H6/c1-8-5-17-13-9(4-12(15)18-19(8)13)16-6-10(20)11-7-21-14(2,3)22-11;1-2/h4-5,10-11,16,20H,6-7H2,1-3H3;1-2H3. The van der Waals surface area contributed by atoms with E-state index in [1.807, 2.05) is 34.6 Å². The lowest BCUT2D eigenvalue weighted by Crippen LogP contribution is -2.35. The fourth-order valence-electron chi connectivity index (χ4n) is 2.43. The average molecular weight is 357 g/mol. The van der Waals surface area contributed by atoms with E-state index in [0.29, 0.717) is 29.6 Å². The van der Waals surface area contributed by atoms with Crippen LogP contribution in [0.4, 0.5) is 5.69 Å². The smallest absolute Gasteiger partial charge is 0.177 e. The molecule has 2 unspecified atom stereocenters. The van der Waals surface area contributed by atoms with Gasteiger partial charge in [-0.2, -0.15) is 5.10 Å². The third-order valence-electron chi connectivity index (χ3n) is 3.57. The molecule has 0 saturated carbocycles. The maximum atomic E-state index is 10.2. The third kappa shape index (κ3) is 4.16. The number of aryl methyl sites for hydroxylation is 1. The molecule has 1 fully saturated rings. The number of ether oxygens (including phenoxy) is 2. The van der Waals surface area contributed by atoms with Gasteiger partial charge in [-0.05, 0) is 20.8 Å². The van der Waals surface area contributed by atoms with E-state index >= 15 is 0 Å². The van der Waals surface area contributed by atoms with Gasteiger partial charge in [0.15, 0.2) is 16.6 Å².